The van der Waals surface area contributed by atoms with Crippen molar-refractivity contribution < 1.29 is 0 Å². The Morgan fingerprint density at radius 3 is 2.79 bits per heavy atom. The number of anilines is 3. The van der Waals surface area contributed by atoms with Gasteiger partial charge < -0.3 is 16.0 Å². The predicted molar refractivity (Wildman–Crippen MR) is 81.7 cm³/mol. The van der Waals surface area contributed by atoms with Crippen molar-refractivity contribution in [3.8, 4) is 0 Å². The topological polar surface area (TPSA) is 80.0 Å². The van der Waals surface area contributed by atoms with E-state index in [1.54, 1.807) is 0 Å². The summed E-state index contributed by atoms with van der Waals surface area (Å²) in [5, 5.41) is 4.07. The molecule has 0 amide bonds. The molecule has 1 fully saturated rings. The summed E-state index contributed by atoms with van der Waals surface area (Å²) >= 11 is 2.01. The molecule has 0 bridgehead atoms. The molecule has 0 spiro atoms. The summed E-state index contributed by atoms with van der Waals surface area (Å²) in [7, 11) is 3.79. The van der Waals surface area contributed by atoms with Crippen molar-refractivity contribution in [2.24, 2.45) is 0 Å². The molecule has 0 radical (unpaired) electrons. The molecule has 1 aromatic heterocycles. The van der Waals surface area contributed by atoms with Crippen LogP contribution in [0.1, 0.15) is 26.2 Å². The number of nitrogens with two attached hydrogens (primary N) is 1. The van der Waals surface area contributed by atoms with E-state index in [0.29, 0.717) is 23.2 Å². The summed E-state index contributed by atoms with van der Waals surface area (Å²) in [6.45, 7) is 2.20. The lowest BCUT2D eigenvalue weighted by Crippen LogP contribution is -2.28. The fourth-order valence-electron chi connectivity index (χ4n) is 2.32. The summed E-state index contributed by atoms with van der Waals surface area (Å²) in [6, 6.07) is 0.432. The Morgan fingerprint density at radius 1 is 1.32 bits per heavy atom. The van der Waals surface area contributed by atoms with Crippen LogP contribution in [0.3, 0.4) is 0 Å². The highest BCUT2D eigenvalue weighted by atomic mass is 32.2. The number of nitrogens with zero attached hydrogens (tertiary/aromatic N) is 4. The van der Waals surface area contributed by atoms with Crippen molar-refractivity contribution in [1.82, 2.24) is 15.0 Å². The molecule has 1 aliphatic carbocycles. The van der Waals surface area contributed by atoms with Crippen LogP contribution in [0, 0.1) is 0 Å². The summed E-state index contributed by atoms with van der Waals surface area (Å²) in [6.07, 6.45) is 3.69. The van der Waals surface area contributed by atoms with Crippen LogP contribution in [0.4, 0.5) is 17.8 Å². The van der Waals surface area contributed by atoms with Gasteiger partial charge in [-0.05, 0) is 18.6 Å². The van der Waals surface area contributed by atoms with E-state index >= 15 is 0 Å². The molecule has 2 atom stereocenters. The van der Waals surface area contributed by atoms with Gasteiger partial charge in [0.05, 0.1) is 0 Å². The van der Waals surface area contributed by atoms with E-state index in [4.69, 9.17) is 5.73 Å². The first-order valence-corrected chi connectivity index (χ1v) is 7.72. The second kappa shape index (κ2) is 6.27. The van der Waals surface area contributed by atoms with Gasteiger partial charge in [-0.15, -0.1) is 0 Å². The minimum atomic E-state index is 0.263. The van der Waals surface area contributed by atoms with Crippen molar-refractivity contribution in [3.05, 3.63) is 0 Å². The Hall–Kier alpha value is -1.24. The van der Waals surface area contributed by atoms with Crippen LogP contribution >= 0.6 is 11.8 Å². The summed E-state index contributed by atoms with van der Waals surface area (Å²) in [5.74, 6) is 2.59. The minimum absolute atomic E-state index is 0.263. The van der Waals surface area contributed by atoms with Gasteiger partial charge in [-0.3, -0.25) is 0 Å². The van der Waals surface area contributed by atoms with Crippen LogP contribution in [0.25, 0.3) is 0 Å². The van der Waals surface area contributed by atoms with Crippen molar-refractivity contribution >= 4 is 29.6 Å². The maximum absolute atomic E-state index is 5.73. The highest BCUT2D eigenvalue weighted by molar-refractivity contribution is 7.99. The van der Waals surface area contributed by atoms with Crippen LogP contribution in [0.2, 0.25) is 0 Å². The van der Waals surface area contributed by atoms with Gasteiger partial charge in [0, 0.05) is 25.4 Å². The number of hydrogen-bond acceptors (Lipinski definition) is 7. The van der Waals surface area contributed by atoms with Gasteiger partial charge in [0.1, 0.15) is 0 Å². The van der Waals surface area contributed by atoms with Crippen LogP contribution in [-0.2, 0) is 0 Å². The molecule has 6 nitrogen and oxygen atoms in total. The number of rotatable bonds is 5. The third-order valence-corrected chi connectivity index (χ3v) is 4.51. The fourth-order valence-corrected chi connectivity index (χ4v) is 3.51. The molecule has 3 N–H and O–H groups in total. The molecule has 0 aromatic carbocycles. The second-order valence-electron chi connectivity index (χ2n) is 4.89. The molecule has 0 saturated heterocycles. The van der Waals surface area contributed by atoms with E-state index in [-0.39, 0.29) is 5.95 Å². The number of thioether (sulfide) groups is 1. The molecule has 1 heterocycles. The largest absolute Gasteiger partial charge is 0.368 e. The molecular formula is C12H22N6S. The van der Waals surface area contributed by atoms with Gasteiger partial charge in [0.15, 0.2) is 0 Å². The first kappa shape index (κ1) is 14.2. The normalized spacial score (nSPS) is 22.5. The zero-order valence-corrected chi connectivity index (χ0v) is 12.6. The highest BCUT2D eigenvalue weighted by Gasteiger charge is 2.27. The van der Waals surface area contributed by atoms with E-state index in [2.05, 4.69) is 27.2 Å². The minimum Gasteiger partial charge on any atom is -0.368 e. The van der Waals surface area contributed by atoms with E-state index < -0.39 is 0 Å². The molecule has 7 heteroatoms. The maximum atomic E-state index is 5.73. The van der Waals surface area contributed by atoms with E-state index in [1.807, 2.05) is 30.8 Å². The summed E-state index contributed by atoms with van der Waals surface area (Å²) in [4.78, 5) is 14.5. The average molecular weight is 282 g/mol. The SMILES string of the molecule is CCSC1CCCC1Nc1nc(N)nc(N(C)C)n1. The lowest BCUT2D eigenvalue weighted by Gasteiger charge is -2.20. The number of hydrogen-bond donors (Lipinski definition) is 2. The van der Waals surface area contributed by atoms with Gasteiger partial charge >= 0.3 is 0 Å². The average Bonchev–Trinajstić information content (AvgIpc) is 2.76. The number of nitrogens with one attached hydrogen (secondary N) is 1. The summed E-state index contributed by atoms with van der Waals surface area (Å²) in [5.41, 5.74) is 5.73. The highest BCUT2D eigenvalue weighted by Crippen LogP contribution is 2.31. The first-order valence-electron chi connectivity index (χ1n) is 6.67. The Bertz CT molecular complexity index is 425. The van der Waals surface area contributed by atoms with Gasteiger partial charge in [-0.25, -0.2) is 0 Å². The zero-order valence-electron chi connectivity index (χ0n) is 11.8. The molecule has 19 heavy (non-hydrogen) atoms. The lowest BCUT2D eigenvalue weighted by molar-refractivity contribution is 0.753. The van der Waals surface area contributed by atoms with Crippen LogP contribution in [0.15, 0.2) is 0 Å². The third kappa shape index (κ3) is 3.62. The van der Waals surface area contributed by atoms with Gasteiger partial charge in [-0.1, -0.05) is 13.3 Å². The van der Waals surface area contributed by atoms with Crippen molar-refractivity contribution in [3.63, 3.8) is 0 Å². The van der Waals surface area contributed by atoms with E-state index in [9.17, 15) is 0 Å². The van der Waals surface area contributed by atoms with E-state index in [0.717, 1.165) is 5.75 Å². The molecule has 1 aromatic rings. The Labute approximate surface area is 118 Å². The van der Waals surface area contributed by atoms with Crippen LogP contribution in [-0.4, -0.2) is 46.1 Å². The lowest BCUT2D eigenvalue weighted by atomic mass is 10.2. The zero-order chi connectivity index (χ0) is 13.8. The second-order valence-corrected chi connectivity index (χ2v) is 6.40. The fraction of sp³-hybridized carbons (Fsp3) is 0.750. The van der Waals surface area contributed by atoms with Crippen LogP contribution < -0.4 is 16.0 Å². The van der Waals surface area contributed by atoms with Gasteiger partial charge in [-0.2, -0.15) is 26.7 Å². The predicted octanol–water partition coefficient (Wildman–Crippen LogP) is 1.61. The molecule has 2 unspecified atom stereocenters. The van der Waals surface area contributed by atoms with E-state index in [1.165, 1.54) is 19.3 Å². The standard InChI is InChI=1S/C12H22N6S/c1-4-19-9-7-5-6-8(9)14-11-15-10(13)16-12(17-11)18(2)3/h8-9H,4-7H2,1-3H3,(H3,13,14,15,16,17). The quantitative estimate of drug-likeness (QED) is 0.849. The Kier molecular flexibility index (Phi) is 4.68. The molecule has 0 aliphatic heterocycles. The van der Waals surface area contributed by atoms with Crippen molar-refractivity contribution in [2.75, 3.05) is 35.8 Å². The molecule has 2 rings (SSSR count). The van der Waals surface area contributed by atoms with Gasteiger partial charge in [0.25, 0.3) is 0 Å². The van der Waals surface area contributed by atoms with Crippen molar-refractivity contribution in [1.29, 1.82) is 0 Å². The van der Waals surface area contributed by atoms with Crippen molar-refractivity contribution in [2.45, 2.75) is 37.5 Å². The Morgan fingerprint density at radius 2 is 2.11 bits per heavy atom. The Balaban J connectivity index is 2.09. The van der Waals surface area contributed by atoms with Crippen LogP contribution in [0.5, 0.6) is 0 Å². The maximum Gasteiger partial charge on any atom is 0.231 e. The summed E-state index contributed by atoms with van der Waals surface area (Å²) < 4.78 is 0. The monoisotopic (exact) mass is 282 g/mol. The molecule has 106 valence electrons. The first-order chi connectivity index (χ1) is 9.10. The number of aromatic nitrogens is 3. The van der Waals surface area contributed by atoms with Gasteiger partial charge in [0.2, 0.25) is 17.8 Å². The molecule has 1 saturated carbocycles. The number of nitrogen functional groups attached to an aromatic ring is 1. The third-order valence-electron chi connectivity index (χ3n) is 3.19. The molecule has 1 aliphatic rings. The molecular weight excluding hydrogens is 260 g/mol. The smallest absolute Gasteiger partial charge is 0.231 e.